The molecule has 2 aliphatic rings. The monoisotopic (exact) mass is 320 g/mol. The van der Waals surface area contributed by atoms with Gasteiger partial charge in [0.1, 0.15) is 5.60 Å². The molecule has 22 heavy (non-hydrogen) atoms. The van der Waals surface area contributed by atoms with Crippen LogP contribution < -0.4 is 0 Å². The van der Waals surface area contributed by atoms with Gasteiger partial charge in [-0.1, -0.05) is 11.6 Å². The van der Waals surface area contributed by atoms with Crippen LogP contribution in [0.1, 0.15) is 39.2 Å². The van der Waals surface area contributed by atoms with Gasteiger partial charge in [0.2, 0.25) is 0 Å². The van der Waals surface area contributed by atoms with Crippen LogP contribution >= 0.6 is 11.6 Å². The highest BCUT2D eigenvalue weighted by molar-refractivity contribution is 6.30. The third kappa shape index (κ3) is 2.84. The Hall–Kier alpha value is -1.55. The predicted molar refractivity (Wildman–Crippen MR) is 88.3 cm³/mol. The first-order valence-corrected chi connectivity index (χ1v) is 8.00. The lowest BCUT2D eigenvalue weighted by atomic mass is 9.74. The van der Waals surface area contributed by atoms with Crippen LogP contribution in [0.2, 0.25) is 5.02 Å². The van der Waals surface area contributed by atoms with Gasteiger partial charge >= 0.3 is 6.09 Å². The highest BCUT2D eigenvalue weighted by atomic mass is 35.5. The van der Waals surface area contributed by atoms with Gasteiger partial charge in [0, 0.05) is 29.7 Å². The van der Waals surface area contributed by atoms with Crippen molar-refractivity contribution in [3.05, 3.63) is 28.8 Å². The molecule has 0 unspecified atom stereocenters. The summed E-state index contributed by atoms with van der Waals surface area (Å²) in [5.74, 6) is 0. The lowest BCUT2D eigenvalue weighted by Gasteiger charge is -2.38. The number of hydrogen-bond acceptors (Lipinski definition) is 3. The normalized spacial score (nSPS) is 19.4. The Morgan fingerprint density at radius 1 is 1.32 bits per heavy atom. The summed E-state index contributed by atoms with van der Waals surface area (Å²) in [6, 6.07) is 5.84. The number of benzene rings is 1. The summed E-state index contributed by atoms with van der Waals surface area (Å²) in [6.07, 6.45) is 3.50. The van der Waals surface area contributed by atoms with Crippen molar-refractivity contribution in [2.45, 2.75) is 44.6 Å². The summed E-state index contributed by atoms with van der Waals surface area (Å²) in [6.45, 7) is 7.01. The van der Waals surface area contributed by atoms with Crippen molar-refractivity contribution in [2.24, 2.45) is 4.99 Å². The minimum absolute atomic E-state index is 0.0846. The number of likely N-dealkylation sites (tertiary alicyclic amines) is 1. The number of nitrogens with zero attached hydrogens (tertiary/aromatic N) is 2. The standard InChI is InChI=1S/C17H21ClN2O2/c1-16(2,3)22-15(21)20-8-6-17(7-9-20)11-19-14-5-4-12(18)10-13(14)17/h4-5,10-11H,6-9H2,1-3H3. The number of carbonyl (C=O) groups is 1. The molecule has 1 spiro atoms. The molecule has 0 bridgehead atoms. The molecule has 118 valence electrons. The van der Waals surface area contributed by atoms with E-state index in [4.69, 9.17) is 16.3 Å². The number of amides is 1. The van der Waals surface area contributed by atoms with Crippen molar-refractivity contribution in [1.29, 1.82) is 0 Å². The number of carbonyl (C=O) groups excluding carboxylic acids is 1. The van der Waals surface area contributed by atoms with Crippen molar-refractivity contribution in [3.8, 4) is 0 Å². The second-order valence-corrected chi connectivity index (χ2v) is 7.48. The summed E-state index contributed by atoms with van der Waals surface area (Å²) in [5.41, 5.74) is 1.64. The number of hydrogen-bond donors (Lipinski definition) is 0. The molecule has 1 amide bonds. The Morgan fingerprint density at radius 2 is 2.00 bits per heavy atom. The SMILES string of the molecule is CC(C)(C)OC(=O)N1CCC2(C=Nc3ccc(Cl)cc32)CC1. The Balaban J connectivity index is 1.72. The minimum Gasteiger partial charge on any atom is -0.444 e. The number of fused-ring (bicyclic) bond motifs is 2. The van der Waals surface area contributed by atoms with Crippen LogP contribution in [0.25, 0.3) is 0 Å². The first-order chi connectivity index (χ1) is 10.3. The first-order valence-electron chi connectivity index (χ1n) is 7.62. The molecule has 1 saturated heterocycles. The van der Waals surface area contributed by atoms with E-state index >= 15 is 0 Å². The van der Waals surface area contributed by atoms with E-state index in [0.717, 1.165) is 23.6 Å². The van der Waals surface area contributed by atoms with Crippen molar-refractivity contribution < 1.29 is 9.53 Å². The minimum atomic E-state index is -0.457. The summed E-state index contributed by atoms with van der Waals surface area (Å²) in [7, 11) is 0. The molecule has 5 heteroatoms. The first kappa shape index (κ1) is 15.3. The number of halogens is 1. The zero-order valence-electron chi connectivity index (χ0n) is 13.2. The van der Waals surface area contributed by atoms with E-state index in [2.05, 4.69) is 4.99 Å². The van der Waals surface area contributed by atoms with E-state index < -0.39 is 5.60 Å². The van der Waals surface area contributed by atoms with E-state index in [1.165, 1.54) is 5.56 Å². The third-order valence-electron chi connectivity index (χ3n) is 4.25. The average molecular weight is 321 g/mol. The van der Waals surface area contributed by atoms with Crippen molar-refractivity contribution in [3.63, 3.8) is 0 Å². The molecule has 0 radical (unpaired) electrons. The second kappa shape index (κ2) is 5.27. The maximum atomic E-state index is 12.2. The van der Waals surface area contributed by atoms with E-state index in [9.17, 15) is 4.79 Å². The summed E-state index contributed by atoms with van der Waals surface area (Å²) in [4.78, 5) is 18.5. The van der Waals surface area contributed by atoms with Crippen molar-refractivity contribution in [2.75, 3.05) is 13.1 Å². The highest BCUT2D eigenvalue weighted by Gasteiger charge is 2.41. The van der Waals surface area contributed by atoms with Crippen LogP contribution in [0.5, 0.6) is 0 Å². The smallest absolute Gasteiger partial charge is 0.410 e. The fraction of sp³-hybridized carbons (Fsp3) is 0.529. The molecule has 0 atom stereocenters. The number of ether oxygens (including phenoxy) is 1. The van der Waals surface area contributed by atoms with Crippen molar-refractivity contribution in [1.82, 2.24) is 4.90 Å². The Labute approximate surface area is 136 Å². The van der Waals surface area contributed by atoms with Crippen LogP contribution in [-0.2, 0) is 10.2 Å². The van der Waals surface area contributed by atoms with Gasteiger partial charge in [-0.25, -0.2) is 4.79 Å². The fourth-order valence-electron chi connectivity index (χ4n) is 3.10. The molecule has 1 fully saturated rings. The maximum Gasteiger partial charge on any atom is 0.410 e. The predicted octanol–water partition coefficient (Wildman–Crippen LogP) is 4.32. The van der Waals surface area contributed by atoms with Crippen LogP contribution in [0, 0.1) is 0 Å². The Bertz CT molecular complexity index is 626. The lowest BCUT2D eigenvalue weighted by molar-refractivity contribution is 0.0191. The van der Waals surface area contributed by atoms with Crippen LogP contribution in [0.3, 0.4) is 0 Å². The number of piperidine rings is 1. The van der Waals surface area contributed by atoms with Crippen molar-refractivity contribution >= 4 is 29.6 Å². The second-order valence-electron chi connectivity index (χ2n) is 7.04. The van der Waals surface area contributed by atoms with Gasteiger partial charge < -0.3 is 9.64 Å². The largest absolute Gasteiger partial charge is 0.444 e. The van der Waals surface area contributed by atoms with Gasteiger partial charge in [-0.05, 0) is 57.4 Å². The molecule has 2 heterocycles. The topological polar surface area (TPSA) is 41.9 Å². The quantitative estimate of drug-likeness (QED) is 0.714. The van der Waals surface area contributed by atoms with E-state index in [1.54, 1.807) is 4.90 Å². The molecule has 0 aromatic heterocycles. The summed E-state index contributed by atoms with van der Waals surface area (Å²) < 4.78 is 5.45. The van der Waals surface area contributed by atoms with Crippen LogP contribution in [-0.4, -0.2) is 35.9 Å². The van der Waals surface area contributed by atoms with Gasteiger partial charge in [-0.15, -0.1) is 0 Å². The maximum absolute atomic E-state index is 12.2. The van der Waals surface area contributed by atoms with Gasteiger partial charge in [-0.3, -0.25) is 4.99 Å². The molecule has 0 N–H and O–H groups in total. The third-order valence-corrected chi connectivity index (χ3v) is 4.49. The summed E-state index contributed by atoms with van der Waals surface area (Å²) in [5, 5.41) is 0.734. The van der Waals surface area contributed by atoms with Gasteiger partial charge in [0.25, 0.3) is 0 Å². The lowest BCUT2D eigenvalue weighted by Crippen LogP contribution is -2.46. The molecular formula is C17H21ClN2O2. The van der Waals surface area contributed by atoms with Gasteiger partial charge in [0.05, 0.1) is 5.69 Å². The van der Waals surface area contributed by atoms with Gasteiger partial charge in [0.15, 0.2) is 0 Å². The van der Waals surface area contributed by atoms with E-state index in [1.807, 2.05) is 45.2 Å². The molecule has 4 nitrogen and oxygen atoms in total. The summed E-state index contributed by atoms with van der Waals surface area (Å²) >= 11 is 6.14. The van der Waals surface area contributed by atoms with E-state index in [0.29, 0.717) is 13.1 Å². The molecule has 2 aliphatic heterocycles. The molecule has 3 rings (SSSR count). The molecule has 0 saturated carbocycles. The zero-order chi connectivity index (χ0) is 16.0. The molecule has 0 aliphatic carbocycles. The van der Waals surface area contributed by atoms with Gasteiger partial charge in [-0.2, -0.15) is 0 Å². The van der Waals surface area contributed by atoms with Crippen LogP contribution in [0.15, 0.2) is 23.2 Å². The average Bonchev–Trinajstić information content (AvgIpc) is 2.76. The molecule has 1 aromatic rings. The number of rotatable bonds is 0. The number of aliphatic imine (C=N–C) groups is 1. The Morgan fingerprint density at radius 3 is 2.64 bits per heavy atom. The molecule has 1 aromatic carbocycles. The van der Waals surface area contributed by atoms with E-state index in [-0.39, 0.29) is 11.5 Å². The van der Waals surface area contributed by atoms with Crippen LogP contribution in [0.4, 0.5) is 10.5 Å². The highest BCUT2D eigenvalue weighted by Crippen LogP contribution is 2.44. The fourth-order valence-corrected chi connectivity index (χ4v) is 3.27. The zero-order valence-corrected chi connectivity index (χ0v) is 14.0. The molecular weight excluding hydrogens is 300 g/mol. The Kier molecular flexibility index (Phi) is 3.68.